The van der Waals surface area contributed by atoms with E-state index in [1.807, 2.05) is 51.4 Å². The number of halogens is 2. The Morgan fingerprint density at radius 3 is 2.33 bits per heavy atom. The van der Waals surface area contributed by atoms with Crippen LogP contribution in [0.5, 0.6) is 5.75 Å². The normalized spacial score (nSPS) is 13.3. The van der Waals surface area contributed by atoms with Gasteiger partial charge in [0, 0.05) is 11.9 Å². The second kappa shape index (κ2) is 16.9. The SMILES string of the molecule is CNC.Cc1cc(OCc2ccc(C#N)cc2)cc2c(CCC3CCN(Cc4ccccc4)CC3)noc12.Cl.Cl. The molecule has 0 radical (unpaired) electrons. The van der Waals surface area contributed by atoms with Crippen molar-refractivity contribution in [1.29, 1.82) is 5.26 Å². The third kappa shape index (κ3) is 9.25. The molecule has 0 aliphatic carbocycles. The smallest absolute Gasteiger partial charge is 0.170 e. The van der Waals surface area contributed by atoms with Crippen molar-refractivity contribution in [3.05, 3.63) is 94.7 Å². The van der Waals surface area contributed by atoms with E-state index >= 15 is 0 Å². The first-order chi connectivity index (χ1) is 18.6. The summed E-state index contributed by atoms with van der Waals surface area (Å²) in [6.45, 7) is 5.86. The van der Waals surface area contributed by atoms with Crippen molar-refractivity contribution in [2.75, 3.05) is 27.2 Å². The van der Waals surface area contributed by atoms with E-state index in [4.69, 9.17) is 14.5 Å². The zero-order valence-electron chi connectivity index (χ0n) is 23.6. The van der Waals surface area contributed by atoms with Gasteiger partial charge in [-0.1, -0.05) is 47.6 Å². The molecule has 0 atom stereocenters. The Morgan fingerprint density at radius 1 is 1.00 bits per heavy atom. The maximum Gasteiger partial charge on any atom is 0.170 e. The minimum atomic E-state index is 0. The molecule has 40 heavy (non-hydrogen) atoms. The summed E-state index contributed by atoms with van der Waals surface area (Å²) in [6, 6.07) is 24.4. The summed E-state index contributed by atoms with van der Waals surface area (Å²) in [5.74, 6) is 1.55. The number of fused-ring (bicyclic) bond motifs is 1. The van der Waals surface area contributed by atoms with E-state index in [9.17, 15) is 0 Å². The average molecular weight is 584 g/mol. The Hall–Kier alpha value is -3.08. The van der Waals surface area contributed by atoms with Crippen LogP contribution in [0.4, 0.5) is 0 Å². The van der Waals surface area contributed by atoms with Crippen molar-refractivity contribution in [3.63, 3.8) is 0 Å². The summed E-state index contributed by atoms with van der Waals surface area (Å²) in [5, 5.41) is 17.2. The lowest BCUT2D eigenvalue weighted by Gasteiger charge is -2.31. The molecule has 0 spiro atoms. The van der Waals surface area contributed by atoms with Crippen LogP contribution in [0.3, 0.4) is 0 Å². The molecule has 3 aromatic carbocycles. The maximum absolute atomic E-state index is 8.97. The van der Waals surface area contributed by atoms with Gasteiger partial charge in [0.2, 0.25) is 0 Å². The fourth-order valence-electron chi connectivity index (χ4n) is 4.95. The highest BCUT2D eigenvalue weighted by atomic mass is 35.5. The van der Waals surface area contributed by atoms with Crippen LogP contribution < -0.4 is 10.1 Å². The average Bonchev–Trinajstić information content (AvgIpc) is 3.36. The summed E-state index contributed by atoms with van der Waals surface area (Å²) in [7, 11) is 3.75. The van der Waals surface area contributed by atoms with E-state index < -0.39 is 0 Å². The second-order valence-electron chi connectivity index (χ2n) is 10.1. The number of nitriles is 1. The Labute approximate surface area is 250 Å². The number of benzene rings is 3. The molecule has 2 heterocycles. The molecule has 214 valence electrons. The molecule has 1 fully saturated rings. The van der Waals surface area contributed by atoms with Gasteiger partial charge in [-0.05, 0) is 107 Å². The van der Waals surface area contributed by atoms with Gasteiger partial charge in [-0.3, -0.25) is 4.90 Å². The predicted molar refractivity (Wildman–Crippen MR) is 166 cm³/mol. The minimum Gasteiger partial charge on any atom is -0.489 e. The van der Waals surface area contributed by atoms with Crippen molar-refractivity contribution in [1.82, 2.24) is 15.4 Å². The van der Waals surface area contributed by atoms with Gasteiger partial charge < -0.3 is 14.6 Å². The van der Waals surface area contributed by atoms with Gasteiger partial charge in [-0.25, -0.2) is 0 Å². The van der Waals surface area contributed by atoms with Crippen molar-refractivity contribution in [2.45, 2.75) is 45.8 Å². The third-order valence-corrected chi connectivity index (χ3v) is 7.04. The first-order valence-corrected chi connectivity index (χ1v) is 13.4. The van der Waals surface area contributed by atoms with Crippen molar-refractivity contribution >= 4 is 35.8 Å². The second-order valence-corrected chi connectivity index (χ2v) is 10.1. The summed E-state index contributed by atoms with van der Waals surface area (Å²) in [6.07, 6.45) is 4.53. The molecule has 0 saturated carbocycles. The van der Waals surface area contributed by atoms with E-state index in [2.05, 4.69) is 57.8 Å². The van der Waals surface area contributed by atoms with Gasteiger partial charge >= 0.3 is 0 Å². The minimum absolute atomic E-state index is 0. The molecule has 5 rings (SSSR count). The fourth-order valence-corrected chi connectivity index (χ4v) is 4.95. The zero-order valence-corrected chi connectivity index (χ0v) is 25.2. The van der Waals surface area contributed by atoms with Crippen molar-refractivity contribution < 1.29 is 9.26 Å². The highest BCUT2D eigenvalue weighted by Crippen LogP contribution is 2.30. The van der Waals surface area contributed by atoms with Crippen LogP contribution in [0.15, 0.2) is 71.3 Å². The van der Waals surface area contributed by atoms with Crippen molar-refractivity contribution in [2.24, 2.45) is 5.92 Å². The monoisotopic (exact) mass is 582 g/mol. The Kier molecular flexibility index (Phi) is 14.0. The summed E-state index contributed by atoms with van der Waals surface area (Å²) in [5.41, 5.74) is 5.99. The molecule has 6 nitrogen and oxygen atoms in total. The highest BCUT2D eigenvalue weighted by Gasteiger charge is 2.21. The number of piperidine rings is 1. The van der Waals surface area contributed by atoms with Crippen LogP contribution in [0.25, 0.3) is 11.0 Å². The molecule has 0 amide bonds. The molecule has 0 bridgehead atoms. The van der Waals surface area contributed by atoms with Crippen LogP contribution in [-0.2, 0) is 19.6 Å². The number of rotatable bonds is 8. The van der Waals surface area contributed by atoms with Crippen LogP contribution in [-0.4, -0.2) is 37.2 Å². The molecule has 1 N–H and O–H groups in total. The Balaban J connectivity index is 0.00000107. The van der Waals surface area contributed by atoms with Gasteiger partial charge in [0.1, 0.15) is 12.4 Å². The van der Waals surface area contributed by atoms with Crippen LogP contribution in [0, 0.1) is 24.2 Å². The van der Waals surface area contributed by atoms with E-state index in [-0.39, 0.29) is 24.8 Å². The van der Waals surface area contributed by atoms with Gasteiger partial charge in [-0.15, -0.1) is 24.8 Å². The van der Waals surface area contributed by atoms with Crippen LogP contribution in [0.1, 0.15) is 47.2 Å². The van der Waals surface area contributed by atoms with Crippen LogP contribution >= 0.6 is 24.8 Å². The molecule has 1 aliphatic rings. The maximum atomic E-state index is 8.97. The molecular formula is C32H40Cl2N4O2. The lowest BCUT2D eigenvalue weighted by Crippen LogP contribution is -2.33. The Bertz CT molecular complexity index is 1330. The molecule has 0 unspecified atom stereocenters. The lowest BCUT2D eigenvalue weighted by atomic mass is 9.91. The van der Waals surface area contributed by atoms with E-state index in [1.54, 1.807) is 0 Å². The highest BCUT2D eigenvalue weighted by molar-refractivity contribution is 5.85. The molecule has 1 aliphatic heterocycles. The van der Waals surface area contributed by atoms with Gasteiger partial charge in [-0.2, -0.15) is 5.26 Å². The van der Waals surface area contributed by atoms with Gasteiger partial charge in [0.15, 0.2) is 5.58 Å². The predicted octanol–water partition coefficient (Wildman–Crippen LogP) is 7.11. The number of aryl methyl sites for hydroxylation is 2. The summed E-state index contributed by atoms with van der Waals surface area (Å²) < 4.78 is 11.8. The number of hydrogen-bond acceptors (Lipinski definition) is 6. The van der Waals surface area contributed by atoms with Crippen molar-refractivity contribution in [3.8, 4) is 11.8 Å². The number of likely N-dealkylation sites (tertiary alicyclic amines) is 1. The summed E-state index contributed by atoms with van der Waals surface area (Å²) in [4.78, 5) is 2.57. The number of nitrogens with zero attached hydrogens (tertiary/aromatic N) is 3. The standard InChI is InChI=1S/C30H31N3O2.C2H7N.2ClH/c1-22-17-27(34-21-26-9-7-24(19-31)8-10-26)18-28-29(32-35-30(22)28)12-11-23-13-15-33(16-14-23)20-25-5-3-2-4-6-25;1-3-2;;/h2-10,17-18,23H,11-16,20-21H2,1H3;3H,1-2H3;2*1H. The first-order valence-electron chi connectivity index (χ1n) is 13.4. The zero-order chi connectivity index (χ0) is 26.7. The third-order valence-electron chi connectivity index (χ3n) is 7.04. The molecule has 4 aromatic rings. The number of hydrogen-bond donors (Lipinski definition) is 1. The number of ether oxygens (including phenoxy) is 1. The summed E-state index contributed by atoms with van der Waals surface area (Å²) >= 11 is 0. The number of aromatic nitrogens is 1. The van der Waals surface area contributed by atoms with Gasteiger partial charge in [0.25, 0.3) is 0 Å². The van der Waals surface area contributed by atoms with E-state index in [0.29, 0.717) is 12.2 Å². The number of nitrogens with one attached hydrogen (secondary N) is 1. The Morgan fingerprint density at radius 2 is 1.68 bits per heavy atom. The van der Waals surface area contributed by atoms with Crippen LogP contribution in [0.2, 0.25) is 0 Å². The first kappa shape index (κ1) is 33.1. The molecule has 8 heteroatoms. The van der Waals surface area contributed by atoms with Gasteiger partial charge in [0.05, 0.1) is 17.3 Å². The lowest BCUT2D eigenvalue weighted by molar-refractivity contribution is 0.172. The largest absolute Gasteiger partial charge is 0.489 e. The molecular weight excluding hydrogens is 543 g/mol. The van der Waals surface area contributed by atoms with E-state index in [1.165, 1.54) is 18.4 Å². The topological polar surface area (TPSA) is 74.3 Å². The quantitative estimate of drug-likeness (QED) is 0.238. The fraction of sp³-hybridized carbons (Fsp3) is 0.375. The van der Waals surface area contributed by atoms with E-state index in [0.717, 1.165) is 71.9 Å². The molecule has 1 saturated heterocycles. The molecule has 1 aromatic heterocycles.